The number of hydrogen-bond donors (Lipinski definition) is 4. The standard InChI is InChI=1S/C23H26ClN7O4S/c1-23(2,33)13-11-26-18(9-14(13)24)29-19-10-16(20(31-30-19)22(32)25-3)28-21-17(36(4,34)35)8-7-15(27-21)12-5-6-12/h7-12,33H,5-6H2,1-4H3,(H,25,32)(H2,26,27,28,29,30)/i3D3. The number of rotatable bonds is 8. The number of hydrogen-bond acceptors (Lipinski definition) is 10. The number of carbonyl (C=O) groups is 1. The van der Waals surface area contributed by atoms with Crippen LogP contribution in [0.4, 0.5) is 23.1 Å². The van der Waals surface area contributed by atoms with Crippen molar-refractivity contribution in [3.05, 3.63) is 52.4 Å². The number of aliphatic hydroxyl groups is 1. The van der Waals surface area contributed by atoms with Gasteiger partial charge >= 0.3 is 0 Å². The Morgan fingerprint density at radius 1 is 1.19 bits per heavy atom. The number of anilines is 4. The van der Waals surface area contributed by atoms with Crippen molar-refractivity contribution in [2.24, 2.45) is 0 Å². The molecule has 0 aliphatic heterocycles. The number of aromatic nitrogens is 4. The molecule has 0 atom stereocenters. The van der Waals surface area contributed by atoms with Gasteiger partial charge in [-0.1, -0.05) is 11.6 Å². The van der Waals surface area contributed by atoms with E-state index in [0.717, 1.165) is 19.1 Å². The lowest BCUT2D eigenvalue weighted by molar-refractivity contribution is 0.0783. The Hall–Kier alpha value is -3.35. The molecule has 0 spiro atoms. The van der Waals surface area contributed by atoms with Crippen molar-refractivity contribution >= 4 is 50.5 Å². The average Bonchev–Trinajstić information content (AvgIpc) is 3.62. The van der Waals surface area contributed by atoms with Gasteiger partial charge in [0.15, 0.2) is 21.3 Å². The third-order valence-electron chi connectivity index (χ3n) is 5.42. The molecule has 1 amide bonds. The largest absolute Gasteiger partial charge is 0.386 e. The Kier molecular flexibility index (Phi) is 5.84. The molecule has 36 heavy (non-hydrogen) atoms. The molecule has 4 rings (SSSR count). The van der Waals surface area contributed by atoms with Gasteiger partial charge in [-0.25, -0.2) is 18.4 Å². The Morgan fingerprint density at radius 2 is 1.94 bits per heavy atom. The van der Waals surface area contributed by atoms with E-state index in [1.165, 1.54) is 24.4 Å². The number of sulfone groups is 1. The zero-order valence-corrected chi connectivity index (χ0v) is 21.2. The molecule has 3 aromatic heterocycles. The molecular formula is C23H26ClN7O4S. The van der Waals surface area contributed by atoms with Crippen molar-refractivity contribution in [1.29, 1.82) is 0 Å². The molecule has 0 saturated heterocycles. The molecule has 1 aliphatic carbocycles. The first-order valence-corrected chi connectivity index (χ1v) is 13.1. The zero-order chi connectivity index (χ0) is 28.8. The van der Waals surface area contributed by atoms with Crippen molar-refractivity contribution < 1.29 is 22.4 Å². The van der Waals surface area contributed by atoms with E-state index >= 15 is 0 Å². The first kappa shape index (κ1) is 21.9. The van der Waals surface area contributed by atoms with Crippen LogP contribution in [0.5, 0.6) is 0 Å². The molecule has 3 heterocycles. The zero-order valence-electron chi connectivity index (χ0n) is 22.6. The molecule has 0 unspecified atom stereocenters. The fourth-order valence-electron chi connectivity index (χ4n) is 3.44. The molecule has 1 aliphatic rings. The van der Waals surface area contributed by atoms with Gasteiger partial charge in [-0.05, 0) is 44.9 Å². The maximum atomic E-state index is 12.8. The highest BCUT2D eigenvalue weighted by Crippen LogP contribution is 2.40. The lowest BCUT2D eigenvalue weighted by Gasteiger charge is -2.19. The molecule has 0 aromatic carbocycles. The fraction of sp³-hybridized carbons (Fsp3) is 0.348. The van der Waals surface area contributed by atoms with E-state index < -0.39 is 34.0 Å². The first-order chi connectivity index (χ1) is 18.0. The van der Waals surface area contributed by atoms with Crippen LogP contribution in [0.25, 0.3) is 0 Å². The van der Waals surface area contributed by atoms with Gasteiger partial charge in [0.2, 0.25) is 0 Å². The molecule has 1 fully saturated rings. The summed E-state index contributed by atoms with van der Waals surface area (Å²) in [7, 11) is -3.73. The summed E-state index contributed by atoms with van der Waals surface area (Å²) in [6.07, 6.45) is 4.26. The van der Waals surface area contributed by atoms with E-state index in [2.05, 4.69) is 30.8 Å². The molecule has 3 aromatic rings. The molecule has 190 valence electrons. The Labute approximate surface area is 217 Å². The molecule has 11 nitrogen and oxygen atoms in total. The maximum absolute atomic E-state index is 12.8. The van der Waals surface area contributed by atoms with Gasteiger partial charge in [-0.2, -0.15) is 0 Å². The van der Waals surface area contributed by atoms with Crippen molar-refractivity contribution in [2.75, 3.05) is 23.9 Å². The van der Waals surface area contributed by atoms with E-state index in [9.17, 15) is 18.3 Å². The third kappa shape index (κ3) is 5.72. The summed E-state index contributed by atoms with van der Waals surface area (Å²) in [5, 5.41) is 25.9. The monoisotopic (exact) mass is 534 g/mol. The highest BCUT2D eigenvalue weighted by atomic mass is 35.5. The molecule has 13 heteroatoms. The van der Waals surface area contributed by atoms with Crippen LogP contribution < -0.4 is 16.0 Å². The van der Waals surface area contributed by atoms with Crippen LogP contribution in [-0.2, 0) is 15.4 Å². The van der Waals surface area contributed by atoms with Crippen molar-refractivity contribution in [3.8, 4) is 0 Å². The summed E-state index contributed by atoms with van der Waals surface area (Å²) in [6.45, 7) is 0.316. The number of pyridine rings is 2. The molecule has 0 bridgehead atoms. The van der Waals surface area contributed by atoms with E-state index in [-0.39, 0.29) is 39.0 Å². The molecule has 0 radical (unpaired) electrons. The number of nitrogens with one attached hydrogen (secondary N) is 3. The number of carbonyl (C=O) groups excluding carboxylic acids is 1. The second-order valence-electron chi connectivity index (χ2n) is 8.93. The first-order valence-electron chi connectivity index (χ1n) is 12.3. The summed E-state index contributed by atoms with van der Waals surface area (Å²) < 4.78 is 47.0. The van der Waals surface area contributed by atoms with Gasteiger partial charge in [0.05, 0.1) is 16.3 Å². The second-order valence-corrected chi connectivity index (χ2v) is 11.3. The highest BCUT2D eigenvalue weighted by Gasteiger charge is 2.28. The van der Waals surface area contributed by atoms with Crippen LogP contribution in [0.3, 0.4) is 0 Å². The van der Waals surface area contributed by atoms with Crippen LogP contribution >= 0.6 is 11.6 Å². The summed E-state index contributed by atoms with van der Waals surface area (Å²) in [5.41, 5.74) is -0.604. The van der Waals surface area contributed by atoms with Gasteiger partial charge in [0.25, 0.3) is 5.91 Å². The number of halogens is 1. The molecule has 4 N–H and O–H groups in total. The smallest absolute Gasteiger partial charge is 0.273 e. The van der Waals surface area contributed by atoms with Gasteiger partial charge in [0, 0.05) is 46.8 Å². The van der Waals surface area contributed by atoms with E-state index in [1.807, 2.05) is 5.32 Å². The van der Waals surface area contributed by atoms with E-state index in [1.54, 1.807) is 19.9 Å². The number of nitrogens with zero attached hydrogens (tertiary/aromatic N) is 4. The van der Waals surface area contributed by atoms with Crippen molar-refractivity contribution in [2.45, 2.75) is 43.1 Å². The average molecular weight is 535 g/mol. The van der Waals surface area contributed by atoms with Crippen molar-refractivity contribution in [3.63, 3.8) is 0 Å². The van der Waals surface area contributed by atoms with Crippen LogP contribution in [-0.4, -0.2) is 52.8 Å². The number of amides is 1. The van der Waals surface area contributed by atoms with E-state index in [0.29, 0.717) is 11.3 Å². The third-order valence-corrected chi connectivity index (χ3v) is 6.86. The normalized spacial score (nSPS) is 15.4. The Balaban J connectivity index is 1.75. The summed E-state index contributed by atoms with van der Waals surface area (Å²) >= 11 is 6.29. The lowest BCUT2D eigenvalue weighted by atomic mass is 10.0. The lowest BCUT2D eigenvalue weighted by Crippen LogP contribution is -2.22. The molecule has 1 saturated carbocycles. The molecular weight excluding hydrogens is 506 g/mol. The maximum Gasteiger partial charge on any atom is 0.273 e. The van der Waals surface area contributed by atoms with Gasteiger partial charge in [-0.3, -0.25) is 4.79 Å². The van der Waals surface area contributed by atoms with Crippen LogP contribution in [0.2, 0.25) is 5.02 Å². The Bertz CT molecular complexity index is 1540. The highest BCUT2D eigenvalue weighted by molar-refractivity contribution is 7.90. The summed E-state index contributed by atoms with van der Waals surface area (Å²) in [6, 6.07) is 5.87. The van der Waals surface area contributed by atoms with Crippen LogP contribution in [0.15, 0.2) is 35.4 Å². The minimum absolute atomic E-state index is 0.0421. The second kappa shape index (κ2) is 9.60. The minimum Gasteiger partial charge on any atom is -0.386 e. The fourth-order valence-corrected chi connectivity index (χ4v) is 4.59. The van der Waals surface area contributed by atoms with Crippen LogP contribution in [0, 0.1) is 0 Å². The predicted octanol–water partition coefficient (Wildman–Crippen LogP) is 3.28. The van der Waals surface area contributed by atoms with Gasteiger partial charge in [-0.15, -0.1) is 10.2 Å². The SMILES string of the molecule is [2H]C([2H])([2H])NC(=O)c1nnc(Nc2cc(Cl)c(C(C)(C)O)cn2)cc1Nc1nc(C2CC2)ccc1S(C)(=O)=O. The van der Waals surface area contributed by atoms with Gasteiger partial charge in [0.1, 0.15) is 16.5 Å². The predicted molar refractivity (Wildman–Crippen MR) is 136 cm³/mol. The van der Waals surface area contributed by atoms with Crippen LogP contribution in [0.1, 0.15) is 58.5 Å². The quantitative estimate of drug-likeness (QED) is 0.337. The summed E-state index contributed by atoms with van der Waals surface area (Å²) in [4.78, 5) is 21.3. The summed E-state index contributed by atoms with van der Waals surface area (Å²) in [5.74, 6) is -0.598. The minimum atomic E-state index is -3.73. The topological polar surface area (TPSA) is 159 Å². The van der Waals surface area contributed by atoms with Gasteiger partial charge < -0.3 is 21.1 Å². The van der Waals surface area contributed by atoms with Crippen molar-refractivity contribution in [1.82, 2.24) is 25.5 Å². The van der Waals surface area contributed by atoms with E-state index in [4.69, 9.17) is 15.7 Å². The Morgan fingerprint density at radius 3 is 2.56 bits per heavy atom.